The molecule has 24 heavy (non-hydrogen) atoms. The molecular weight excluding hydrogens is 304 g/mol. The smallest absolute Gasteiger partial charge is 0.251 e. The number of carbonyl (C=O) groups excluding carboxylic acids is 1. The number of para-hydroxylation sites is 2. The van der Waals surface area contributed by atoms with Gasteiger partial charge in [-0.15, -0.1) is 0 Å². The fraction of sp³-hybridized carbons (Fsp3) is 0.556. The summed E-state index contributed by atoms with van der Waals surface area (Å²) in [5.41, 5.74) is 2.09. The summed E-state index contributed by atoms with van der Waals surface area (Å²) in [5.74, 6) is 1.16. The van der Waals surface area contributed by atoms with Crippen LogP contribution in [0.5, 0.6) is 0 Å². The largest absolute Gasteiger partial charge is 0.365 e. The number of benzene rings is 1. The molecule has 2 fully saturated rings. The molecule has 2 aliphatic heterocycles. The van der Waals surface area contributed by atoms with Crippen LogP contribution in [-0.4, -0.2) is 64.1 Å². The molecule has 0 radical (unpaired) electrons. The van der Waals surface area contributed by atoms with E-state index in [4.69, 9.17) is 4.74 Å². The predicted molar refractivity (Wildman–Crippen MR) is 91.5 cm³/mol. The molecule has 1 N–H and O–H groups in total. The predicted octanol–water partition coefficient (Wildman–Crippen LogP) is 1.77. The zero-order valence-electron chi connectivity index (χ0n) is 14.1. The molecule has 2 aliphatic rings. The van der Waals surface area contributed by atoms with E-state index in [-0.39, 0.29) is 18.1 Å². The van der Waals surface area contributed by atoms with Crippen LogP contribution in [0.25, 0.3) is 11.0 Å². The van der Waals surface area contributed by atoms with E-state index in [0.29, 0.717) is 0 Å². The fourth-order valence-electron chi connectivity index (χ4n) is 3.61. The van der Waals surface area contributed by atoms with Gasteiger partial charge in [0, 0.05) is 26.2 Å². The molecule has 2 saturated heterocycles. The molecule has 0 spiro atoms. The first-order valence-corrected chi connectivity index (χ1v) is 8.79. The summed E-state index contributed by atoms with van der Waals surface area (Å²) in [5, 5.41) is 0. The summed E-state index contributed by atoms with van der Waals surface area (Å²) < 4.78 is 5.71. The molecule has 2 aromatic rings. The summed E-state index contributed by atoms with van der Waals surface area (Å²) in [4.78, 5) is 24.8. The lowest BCUT2D eigenvalue weighted by atomic mass is 10.2. The topological polar surface area (TPSA) is 61.5 Å². The van der Waals surface area contributed by atoms with Crippen LogP contribution in [-0.2, 0) is 16.1 Å². The molecule has 0 unspecified atom stereocenters. The van der Waals surface area contributed by atoms with Gasteiger partial charge in [0.15, 0.2) is 0 Å². The number of nitrogens with one attached hydrogen (secondary N) is 1. The van der Waals surface area contributed by atoms with Crippen molar-refractivity contribution in [2.24, 2.45) is 0 Å². The lowest BCUT2D eigenvalue weighted by Crippen LogP contribution is -2.51. The van der Waals surface area contributed by atoms with E-state index in [2.05, 4.69) is 14.9 Å². The van der Waals surface area contributed by atoms with Crippen LogP contribution in [0.15, 0.2) is 24.3 Å². The minimum atomic E-state index is -0.220. The molecular formula is C18H24N4O2. The number of rotatable bonds is 3. The second-order valence-electron chi connectivity index (χ2n) is 6.81. The Hall–Kier alpha value is -1.92. The van der Waals surface area contributed by atoms with E-state index in [9.17, 15) is 4.79 Å². The molecule has 3 heterocycles. The molecule has 0 aliphatic carbocycles. The normalized spacial score (nSPS) is 25.5. The molecule has 1 amide bonds. The number of hydrogen-bond donors (Lipinski definition) is 1. The lowest BCUT2D eigenvalue weighted by Gasteiger charge is -2.35. The summed E-state index contributed by atoms with van der Waals surface area (Å²) >= 11 is 0. The van der Waals surface area contributed by atoms with Crippen LogP contribution in [0.2, 0.25) is 0 Å². The number of ether oxygens (including phenoxy) is 1. The van der Waals surface area contributed by atoms with Gasteiger partial charge in [0.1, 0.15) is 11.9 Å². The molecule has 1 aromatic heterocycles. The highest BCUT2D eigenvalue weighted by molar-refractivity contribution is 5.81. The van der Waals surface area contributed by atoms with Crippen molar-refractivity contribution in [3.63, 3.8) is 0 Å². The standard InChI is InChI=1S/C18H24N4O2/c1-13-6-7-16(24-13)18(23)22-10-8-21(9-11-22)12-17-19-14-4-2-3-5-15(14)20-17/h2-5,13,16H,6-12H2,1H3,(H,19,20)/t13-,16-/m1/s1. The minimum Gasteiger partial charge on any atom is -0.365 e. The van der Waals surface area contributed by atoms with Gasteiger partial charge in [0.05, 0.1) is 23.7 Å². The molecule has 128 valence electrons. The van der Waals surface area contributed by atoms with Crippen molar-refractivity contribution >= 4 is 16.9 Å². The number of piperazine rings is 1. The van der Waals surface area contributed by atoms with Crippen LogP contribution in [0, 0.1) is 0 Å². The van der Waals surface area contributed by atoms with Crippen molar-refractivity contribution in [1.29, 1.82) is 0 Å². The van der Waals surface area contributed by atoms with Gasteiger partial charge < -0.3 is 14.6 Å². The van der Waals surface area contributed by atoms with Crippen molar-refractivity contribution in [2.45, 2.75) is 38.5 Å². The first kappa shape index (κ1) is 15.6. The monoisotopic (exact) mass is 328 g/mol. The minimum absolute atomic E-state index is 0.169. The van der Waals surface area contributed by atoms with Crippen LogP contribution in [0.1, 0.15) is 25.6 Å². The third-order valence-corrected chi connectivity index (χ3v) is 5.00. The number of nitrogens with zero attached hydrogens (tertiary/aromatic N) is 3. The van der Waals surface area contributed by atoms with Gasteiger partial charge in [-0.1, -0.05) is 12.1 Å². The average Bonchev–Trinajstić information content (AvgIpc) is 3.20. The highest BCUT2D eigenvalue weighted by Gasteiger charge is 2.33. The maximum atomic E-state index is 12.5. The molecule has 6 nitrogen and oxygen atoms in total. The van der Waals surface area contributed by atoms with E-state index in [1.807, 2.05) is 36.1 Å². The average molecular weight is 328 g/mol. The quantitative estimate of drug-likeness (QED) is 0.933. The summed E-state index contributed by atoms with van der Waals surface area (Å²) in [6.07, 6.45) is 1.84. The number of H-pyrrole nitrogens is 1. The van der Waals surface area contributed by atoms with Crippen LogP contribution in [0.3, 0.4) is 0 Å². The van der Waals surface area contributed by atoms with E-state index in [1.54, 1.807) is 0 Å². The zero-order chi connectivity index (χ0) is 16.5. The van der Waals surface area contributed by atoms with Gasteiger partial charge in [-0.3, -0.25) is 9.69 Å². The number of imidazole rings is 1. The first-order valence-electron chi connectivity index (χ1n) is 8.79. The van der Waals surface area contributed by atoms with Crippen molar-refractivity contribution < 1.29 is 9.53 Å². The van der Waals surface area contributed by atoms with Gasteiger partial charge in [0.25, 0.3) is 5.91 Å². The van der Waals surface area contributed by atoms with Crippen LogP contribution < -0.4 is 0 Å². The Morgan fingerprint density at radius 3 is 2.75 bits per heavy atom. The second-order valence-corrected chi connectivity index (χ2v) is 6.81. The summed E-state index contributed by atoms with van der Waals surface area (Å²) in [6, 6.07) is 8.09. The maximum Gasteiger partial charge on any atom is 0.251 e. The number of fused-ring (bicyclic) bond motifs is 1. The SMILES string of the molecule is C[C@@H]1CC[C@H](C(=O)N2CCN(Cc3nc4ccccc4[nH]3)CC2)O1. The number of hydrogen-bond acceptors (Lipinski definition) is 4. The number of amides is 1. The van der Waals surface area contributed by atoms with Crippen molar-refractivity contribution in [3.8, 4) is 0 Å². The zero-order valence-corrected chi connectivity index (χ0v) is 14.1. The highest BCUT2D eigenvalue weighted by atomic mass is 16.5. The van der Waals surface area contributed by atoms with Crippen LogP contribution in [0.4, 0.5) is 0 Å². The van der Waals surface area contributed by atoms with Crippen molar-refractivity contribution in [3.05, 3.63) is 30.1 Å². The third-order valence-electron chi connectivity index (χ3n) is 5.00. The first-order chi connectivity index (χ1) is 11.7. The van der Waals surface area contributed by atoms with Gasteiger partial charge in [-0.2, -0.15) is 0 Å². The van der Waals surface area contributed by atoms with E-state index < -0.39 is 0 Å². The Balaban J connectivity index is 1.32. The van der Waals surface area contributed by atoms with E-state index in [1.165, 1.54) is 0 Å². The van der Waals surface area contributed by atoms with Gasteiger partial charge in [-0.25, -0.2) is 4.98 Å². The molecule has 0 saturated carbocycles. The molecule has 4 rings (SSSR count). The Kier molecular flexibility index (Phi) is 4.24. The van der Waals surface area contributed by atoms with E-state index in [0.717, 1.165) is 62.4 Å². The van der Waals surface area contributed by atoms with Gasteiger partial charge in [-0.05, 0) is 31.9 Å². The van der Waals surface area contributed by atoms with E-state index >= 15 is 0 Å². The lowest BCUT2D eigenvalue weighted by molar-refractivity contribution is -0.144. The summed E-state index contributed by atoms with van der Waals surface area (Å²) in [6.45, 7) is 6.14. The molecule has 0 bridgehead atoms. The number of aromatic nitrogens is 2. The fourth-order valence-corrected chi connectivity index (χ4v) is 3.61. The molecule has 1 aromatic carbocycles. The molecule has 2 atom stereocenters. The van der Waals surface area contributed by atoms with Gasteiger partial charge >= 0.3 is 0 Å². The maximum absolute atomic E-state index is 12.5. The Morgan fingerprint density at radius 2 is 2.04 bits per heavy atom. The Labute approximate surface area is 141 Å². The molecule has 6 heteroatoms. The number of aromatic amines is 1. The van der Waals surface area contributed by atoms with Crippen LogP contribution >= 0.6 is 0 Å². The second kappa shape index (κ2) is 6.53. The number of carbonyl (C=O) groups is 1. The van der Waals surface area contributed by atoms with Gasteiger partial charge in [0.2, 0.25) is 0 Å². The summed E-state index contributed by atoms with van der Waals surface area (Å²) in [7, 11) is 0. The third kappa shape index (κ3) is 3.16. The Morgan fingerprint density at radius 1 is 1.25 bits per heavy atom. The van der Waals surface area contributed by atoms with Crippen molar-refractivity contribution in [2.75, 3.05) is 26.2 Å². The Bertz CT molecular complexity index is 688. The van der Waals surface area contributed by atoms with Crippen molar-refractivity contribution in [1.82, 2.24) is 19.8 Å². The highest BCUT2D eigenvalue weighted by Crippen LogP contribution is 2.21.